The lowest BCUT2D eigenvalue weighted by Crippen LogP contribution is -2.19. The molecule has 0 aliphatic rings. The first-order valence-electron chi connectivity index (χ1n) is 5.10. The number of rotatable bonds is 3. The molecule has 0 bridgehead atoms. The summed E-state index contributed by atoms with van der Waals surface area (Å²) in [5, 5.41) is 4.20. The zero-order valence-corrected chi connectivity index (χ0v) is 13.4. The van der Waals surface area contributed by atoms with Crippen molar-refractivity contribution in [3.63, 3.8) is 0 Å². The lowest BCUT2D eigenvalue weighted by molar-refractivity contribution is 0.494. The van der Waals surface area contributed by atoms with Crippen LogP contribution in [0.1, 0.15) is 37.3 Å². The third-order valence-corrected chi connectivity index (χ3v) is 4.77. The zero-order valence-electron chi connectivity index (χ0n) is 9.39. The summed E-state index contributed by atoms with van der Waals surface area (Å²) in [6, 6.07) is 2.00. The molecule has 0 aromatic carbocycles. The van der Waals surface area contributed by atoms with Crippen LogP contribution >= 0.6 is 43.2 Å². The van der Waals surface area contributed by atoms with Crippen LogP contribution in [0.25, 0.3) is 0 Å². The highest BCUT2D eigenvalue weighted by Gasteiger charge is 2.21. The van der Waals surface area contributed by atoms with Gasteiger partial charge in [-0.05, 0) is 51.8 Å². The van der Waals surface area contributed by atoms with Gasteiger partial charge in [0.2, 0.25) is 0 Å². The van der Waals surface area contributed by atoms with Gasteiger partial charge in [-0.25, -0.2) is 9.67 Å². The van der Waals surface area contributed by atoms with Crippen LogP contribution in [0.15, 0.2) is 20.0 Å². The third kappa shape index (κ3) is 2.62. The minimum atomic E-state index is -0.267. The van der Waals surface area contributed by atoms with Crippen LogP contribution in [0.2, 0.25) is 0 Å². The molecule has 0 spiro atoms. The number of thiophene rings is 1. The summed E-state index contributed by atoms with van der Waals surface area (Å²) in [6.07, 6.45) is 1.55. The Morgan fingerprint density at radius 1 is 1.41 bits per heavy atom. The summed E-state index contributed by atoms with van der Waals surface area (Å²) in [6.45, 7) is 4.12. The van der Waals surface area contributed by atoms with E-state index in [4.69, 9.17) is 5.73 Å². The Labute approximate surface area is 120 Å². The van der Waals surface area contributed by atoms with E-state index in [1.165, 1.54) is 0 Å². The Morgan fingerprint density at radius 3 is 2.65 bits per heavy atom. The highest BCUT2D eigenvalue weighted by Crippen LogP contribution is 2.36. The van der Waals surface area contributed by atoms with Gasteiger partial charge >= 0.3 is 0 Å². The molecule has 0 aliphatic heterocycles. The van der Waals surface area contributed by atoms with Crippen molar-refractivity contribution in [2.24, 2.45) is 5.73 Å². The SMILES string of the molecule is CC(C)n1ncnc1C(N)c1cc(Br)sc1Br. The Morgan fingerprint density at radius 2 is 2.12 bits per heavy atom. The molecule has 0 fully saturated rings. The van der Waals surface area contributed by atoms with Crippen molar-refractivity contribution in [1.29, 1.82) is 0 Å². The van der Waals surface area contributed by atoms with Crippen LogP contribution < -0.4 is 5.73 Å². The fraction of sp³-hybridized carbons (Fsp3) is 0.400. The maximum absolute atomic E-state index is 6.25. The van der Waals surface area contributed by atoms with Crippen LogP contribution in [0.3, 0.4) is 0 Å². The Hall–Kier alpha value is -0.240. The first-order chi connectivity index (χ1) is 8.00. The molecule has 1 atom stereocenters. The molecule has 2 heterocycles. The van der Waals surface area contributed by atoms with Gasteiger partial charge in [-0.1, -0.05) is 0 Å². The number of nitrogens with zero attached hydrogens (tertiary/aromatic N) is 3. The van der Waals surface area contributed by atoms with Gasteiger partial charge in [0.15, 0.2) is 0 Å². The number of hydrogen-bond acceptors (Lipinski definition) is 4. The molecule has 2 aromatic heterocycles. The first-order valence-corrected chi connectivity index (χ1v) is 7.50. The van der Waals surface area contributed by atoms with Crippen molar-refractivity contribution < 1.29 is 0 Å². The minimum absolute atomic E-state index is 0.249. The van der Waals surface area contributed by atoms with Crippen LogP contribution in [0.5, 0.6) is 0 Å². The van der Waals surface area contributed by atoms with Gasteiger partial charge in [-0.3, -0.25) is 0 Å². The minimum Gasteiger partial charge on any atom is -0.318 e. The quantitative estimate of drug-likeness (QED) is 0.887. The molecule has 17 heavy (non-hydrogen) atoms. The lowest BCUT2D eigenvalue weighted by atomic mass is 10.1. The van der Waals surface area contributed by atoms with Crippen molar-refractivity contribution in [3.05, 3.63) is 31.4 Å². The molecule has 7 heteroatoms. The zero-order chi connectivity index (χ0) is 12.6. The second-order valence-electron chi connectivity index (χ2n) is 3.91. The van der Waals surface area contributed by atoms with Gasteiger partial charge in [0.1, 0.15) is 12.2 Å². The highest BCUT2D eigenvalue weighted by molar-refractivity contribution is 9.12. The van der Waals surface area contributed by atoms with E-state index in [-0.39, 0.29) is 12.1 Å². The normalized spacial score (nSPS) is 13.3. The molecule has 2 rings (SSSR count). The maximum Gasteiger partial charge on any atom is 0.148 e. The van der Waals surface area contributed by atoms with Crippen molar-refractivity contribution in [2.45, 2.75) is 25.9 Å². The van der Waals surface area contributed by atoms with Crippen molar-refractivity contribution >= 4 is 43.2 Å². The Kier molecular flexibility index (Phi) is 4.02. The molecule has 4 nitrogen and oxygen atoms in total. The summed E-state index contributed by atoms with van der Waals surface area (Å²) in [7, 11) is 0. The maximum atomic E-state index is 6.25. The van der Waals surface area contributed by atoms with Gasteiger partial charge < -0.3 is 5.73 Å². The smallest absolute Gasteiger partial charge is 0.148 e. The molecule has 0 saturated heterocycles. The van der Waals surface area contributed by atoms with Gasteiger partial charge in [0, 0.05) is 11.6 Å². The predicted octanol–water partition coefficient (Wildman–Crippen LogP) is 3.49. The molecule has 2 aromatic rings. The summed E-state index contributed by atoms with van der Waals surface area (Å²) in [5.41, 5.74) is 7.27. The average molecular weight is 380 g/mol. The largest absolute Gasteiger partial charge is 0.318 e. The molecule has 0 amide bonds. The van der Waals surface area contributed by atoms with E-state index in [1.807, 2.05) is 10.7 Å². The summed E-state index contributed by atoms with van der Waals surface area (Å²) in [4.78, 5) is 4.26. The molecule has 0 radical (unpaired) electrons. The number of halogens is 2. The molecule has 0 aliphatic carbocycles. The van der Waals surface area contributed by atoms with Crippen molar-refractivity contribution in [1.82, 2.24) is 14.8 Å². The Bertz CT molecular complexity index is 520. The van der Waals surface area contributed by atoms with E-state index >= 15 is 0 Å². The number of aromatic nitrogens is 3. The van der Waals surface area contributed by atoms with Crippen LogP contribution in [-0.2, 0) is 0 Å². The number of hydrogen-bond donors (Lipinski definition) is 1. The van der Waals surface area contributed by atoms with E-state index < -0.39 is 0 Å². The molecule has 0 saturated carbocycles. The van der Waals surface area contributed by atoms with E-state index in [0.717, 1.165) is 19.0 Å². The summed E-state index contributed by atoms with van der Waals surface area (Å²) < 4.78 is 3.92. The summed E-state index contributed by atoms with van der Waals surface area (Å²) >= 11 is 8.57. The van der Waals surface area contributed by atoms with E-state index in [0.29, 0.717) is 0 Å². The molecule has 1 unspecified atom stereocenters. The highest BCUT2D eigenvalue weighted by atomic mass is 79.9. The molecular formula is C10H12Br2N4S. The standard InChI is InChI=1S/C10H12Br2N4S/c1-5(2)16-10(14-4-15-16)8(13)6-3-7(11)17-9(6)12/h3-5,8H,13H2,1-2H3. The first kappa shape index (κ1) is 13.2. The second kappa shape index (κ2) is 5.17. The number of nitrogens with two attached hydrogens (primary N) is 1. The second-order valence-corrected chi connectivity index (χ2v) is 7.66. The van der Waals surface area contributed by atoms with Crippen molar-refractivity contribution in [2.75, 3.05) is 0 Å². The molecule has 92 valence electrons. The van der Waals surface area contributed by atoms with Gasteiger partial charge in [0.05, 0.1) is 13.6 Å². The molecular weight excluding hydrogens is 368 g/mol. The lowest BCUT2D eigenvalue weighted by Gasteiger charge is -2.14. The van der Waals surface area contributed by atoms with Crippen LogP contribution in [0.4, 0.5) is 0 Å². The third-order valence-electron chi connectivity index (χ3n) is 2.39. The monoisotopic (exact) mass is 378 g/mol. The van der Waals surface area contributed by atoms with E-state index in [9.17, 15) is 0 Å². The van der Waals surface area contributed by atoms with Gasteiger partial charge in [-0.2, -0.15) is 5.10 Å². The molecule has 2 N–H and O–H groups in total. The fourth-order valence-electron chi connectivity index (χ4n) is 1.58. The summed E-state index contributed by atoms with van der Waals surface area (Å²) in [5.74, 6) is 0.783. The van der Waals surface area contributed by atoms with Crippen LogP contribution in [-0.4, -0.2) is 14.8 Å². The fourth-order valence-corrected chi connectivity index (χ4v) is 4.51. The topological polar surface area (TPSA) is 56.7 Å². The van der Waals surface area contributed by atoms with Gasteiger partial charge in [0.25, 0.3) is 0 Å². The average Bonchev–Trinajstić information content (AvgIpc) is 2.83. The Balaban J connectivity index is 2.40. The van der Waals surface area contributed by atoms with Crippen LogP contribution in [0, 0.1) is 0 Å². The van der Waals surface area contributed by atoms with Gasteiger partial charge in [-0.15, -0.1) is 11.3 Å². The van der Waals surface area contributed by atoms with Crippen molar-refractivity contribution in [3.8, 4) is 0 Å². The van der Waals surface area contributed by atoms with E-state index in [1.54, 1.807) is 17.7 Å². The predicted molar refractivity (Wildman–Crippen MR) is 76.2 cm³/mol. The van der Waals surface area contributed by atoms with E-state index in [2.05, 4.69) is 55.8 Å².